The number of rotatable bonds is 6. The predicted molar refractivity (Wildman–Crippen MR) is 95.6 cm³/mol. The lowest BCUT2D eigenvalue weighted by atomic mass is 9.99. The second kappa shape index (κ2) is 8.55. The minimum Gasteiger partial charge on any atom is -0.381 e. The molecule has 25 heavy (non-hydrogen) atoms. The van der Waals surface area contributed by atoms with Crippen LogP contribution < -0.4 is 5.73 Å². The second-order valence-electron chi connectivity index (χ2n) is 6.69. The van der Waals surface area contributed by atoms with Gasteiger partial charge in [-0.15, -0.1) is 0 Å². The van der Waals surface area contributed by atoms with Crippen LogP contribution in [0.2, 0.25) is 0 Å². The minimum absolute atomic E-state index is 0.275. The van der Waals surface area contributed by atoms with Gasteiger partial charge in [0.05, 0.1) is 0 Å². The standard InChI is InChI=1S/C17H28N4O3S/c18-7-11-21(16-5-12-24-13-6-16)15-3-9-20(10-4-15)25(22,23)17-2-1-8-19-14-17/h1-2,8,14-16H,3-7,9-13,18H2. The average Bonchev–Trinajstić information content (AvgIpc) is 2.67. The van der Waals surface area contributed by atoms with Crippen molar-refractivity contribution in [2.24, 2.45) is 5.73 Å². The van der Waals surface area contributed by atoms with Crippen LogP contribution in [0.4, 0.5) is 0 Å². The molecular weight excluding hydrogens is 340 g/mol. The first-order valence-electron chi connectivity index (χ1n) is 9.06. The topological polar surface area (TPSA) is 88.8 Å². The first-order chi connectivity index (χ1) is 12.1. The summed E-state index contributed by atoms with van der Waals surface area (Å²) in [5, 5.41) is 0. The highest BCUT2D eigenvalue weighted by Gasteiger charge is 2.34. The molecule has 0 amide bonds. The fourth-order valence-electron chi connectivity index (χ4n) is 3.89. The van der Waals surface area contributed by atoms with Crippen LogP contribution in [-0.4, -0.2) is 74.1 Å². The Labute approximate surface area is 150 Å². The van der Waals surface area contributed by atoms with E-state index >= 15 is 0 Å². The monoisotopic (exact) mass is 368 g/mol. The summed E-state index contributed by atoms with van der Waals surface area (Å²) in [6.07, 6.45) is 6.77. The Morgan fingerprint density at radius 2 is 1.88 bits per heavy atom. The third-order valence-electron chi connectivity index (χ3n) is 5.21. The van der Waals surface area contributed by atoms with Gasteiger partial charge >= 0.3 is 0 Å². The van der Waals surface area contributed by atoms with Crippen LogP contribution in [0.15, 0.2) is 29.4 Å². The summed E-state index contributed by atoms with van der Waals surface area (Å²) in [6, 6.07) is 4.17. The fraction of sp³-hybridized carbons (Fsp3) is 0.706. The lowest BCUT2D eigenvalue weighted by Crippen LogP contribution is -2.52. The smallest absolute Gasteiger partial charge is 0.244 e. The van der Waals surface area contributed by atoms with Crippen molar-refractivity contribution < 1.29 is 13.2 Å². The van der Waals surface area contributed by atoms with E-state index in [0.29, 0.717) is 31.7 Å². The molecule has 3 heterocycles. The summed E-state index contributed by atoms with van der Waals surface area (Å²) in [5.74, 6) is 0. The van der Waals surface area contributed by atoms with Gasteiger partial charge in [0.2, 0.25) is 10.0 Å². The molecule has 8 heteroatoms. The molecule has 0 aromatic carbocycles. The number of pyridine rings is 1. The van der Waals surface area contributed by atoms with Gasteiger partial charge in [0, 0.05) is 63.9 Å². The SMILES string of the molecule is NCCN(C1CCOCC1)C1CCN(S(=O)(=O)c2cccnc2)CC1. The van der Waals surface area contributed by atoms with Crippen molar-refractivity contribution >= 4 is 10.0 Å². The number of piperidine rings is 1. The molecule has 0 aliphatic carbocycles. The molecule has 7 nitrogen and oxygen atoms in total. The molecule has 2 N–H and O–H groups in total. The van der Waals surface area contributed by atoms with Crippen molar-refractivity contribution in [2.45, 2.75) is 42.7 Å². The maximum atomic E-state index is 12.7. The van der Waals surface area contributed by atoms with E-state index in [1.54, 1.807) is 22.6 Å². The fourth-order valence-corrected chi connectivity index (χ4v) is 5.33. The quantitative estimate of drug-likeness (QED) is 0.794. The minimum atomic E-state index is -3.44. The molecule has 1 aromatic heterocycles. The Bertz CT molecular complexity index is 627. The highest BCUT2D eigenvalue weighted by atomic mass is 32.2. The number of sulfonamides is 1. The van der Waals surface area contributed by atoms with Crippen molar-refractivity contribution in [3.05, 3.63) is 24.5 Å². The van der Waals surface area contributed by atoms with E-state index in [2.05, 4.69) is 9.88 Å². The van der Waals surface area contributed by atoms with Gasteiger partial charge in [-0.3, -0.25) is 9.88 Å². The van der Waals surface area contributed by atoms with Gasteiger partial charge in [0.1, 0.15) is 4.90 Å². The zero-order chi connectivity index (χ0) is 17.7. The second-order valence-corrected chi connectivity index (χ2v) is 8.63. The van der Waals surface area contributed by atoms with Crippen LogP contribution >= 0.6 is 0 Å². The first-order valence-corrected chi connectivity index (χ1v) is 10.5. The van der Waals surface area contributed by atoms with Gasteiger partial charge in [-0.05, 0) is 37.8 Å². The zero-order valence-corrected chi connectivity index (χ0v) is 15.4. The van der Waals surface area contributed by atoms with Crippen LogP contribution in [0, 0.1) is 0 Å². The Hall–Kier alpha value is -1.06. The number of aromatic nitrogens is 1. The van der Waals surface area contributed by atoms with Crippen molar-refractivity contribution in [1.29, 1.82) is 0 Å². The summed E-state index contributed by atoms with van der Waals surface area (Å²) >= 11 is 0. The van der Waals surface area contributed by atoms with E-state index in [4.69, 9.17) is 10.5 Å². The van der Waals surface area contributed by atoms with Gasteiger partial charge in [-0.25, -0.2) is 8.42 Å². The molecule has 0 bridgehead atoms. The van der Waals surface area contributed by atoms with Crippen LogP contribution in [0.3, 0.4) is 0 Å². The van der Waals surface area contributed by atoms with E-state index in [-0.39, 0.29) is 4.90 Å². The summed E-state index contributed by atoms with van der Waals surface area (Å²) in [6.45, 7) is 4.20. The van der Waals surface area contributed by atoms with Crippen LogP contribution in [0.1, 0.15) is 25.7 Å². The van der Waals surface area contributed by atoms with Gasteiger partial charge in [0.25, 0.3) is 0 Å². The Balaban J connectivity index is 1.63. The molecule has 0 radical (unpaired) electrons. The van der Waals surface area contributed by atoms with Crippen molar-refractivity contribution in [1.82, 2.24) is 14.2 Å². The van der Waals surface area contributed by atoms with E-state index in [9.17, 15) is 8.42 Å². The van der Waals surface area contributed by atoms with Crippen LogP contribution in [-0.2, 0) is 14.8 Å². The van der Waals surface area contributed by atoms with E-state index in [1.165, 1.54) is 6.20 Å². The molecule has 0 saturated carbocycles. The summed E-state index contributed by atoms with van der Waals surface area (Å²) in [5.41, 5.74) is 5.83. The first kappa shape index (κ1) is 18.7. The van der Waals surface area contributed by atoms with Crippen molar-refractivity contribution in [3.8, 4) is 0 Å². The van der Waals surface area contributed by atoms with Crippen LogP contribution in [0.5, 0.6) is 0 Å². The van der Waals surface area contributed by atoms with Crippen molar-refractivity contribution in [3.63, 3.8) is 0 Å². The molecule has 140 valence electrons. The molecule has 0 spiro atoms. The van der Waals surface area contributed by atoms with Gasteiger partial charge < -0.3 is 10.5 Å². The van der Waals surface area contributed by atoms with Crippen LogP contribution in [0.25, 0.3) is 0 Å². The number of nitrogens with two attached hydrogens (primary N) is 1. The van der Waals surface area contributed by atoms with E-state index in [1.807, 2.05) is 0 Å². The number of ether oxygens (including phenoxy) is 1. The Morgan fingerprint density at radius 1 is 1.20 bits per heavy atom. The molecule has 2 aliphatic heterocycles. The maximum absolute atomic E-state index is 12.7. The highest BCUT2D eigenvalue weighted by Crippen LogP contribution is 2.26. The lowest BCUT2D eigenvalue weighted by Gasteiger charge is -2.43. The molecule has 0 atom stereocenters. The predicted octanol–water partition coefficient (Wildman–Crippen LogP) is 0.674. The van der Waals surface area contributed by atoms with E-state index in [0.717, 1.165) is 45.4 Å². The van der Waals surface area contributed by atoms with Gasteiger partial charge in [-0.2, -0.15) is 4.31 Å². The summed E-state index contributed by atoms with van der Waals surface area (Å²) in [7, 11) is -3.44. The lowest BCUT2D eigenvalue weighted by molar-refractivity contribution is 0.00838. The normalized spacial score (nSPS) is 21.7. The Kier molecular flexibility index (Phi) is 6.40. The van der Waals surface area contributed by atoms with Crippen molar-refractivity contribution in [2.75, 3.05) is 39.4 Å². The summed E-state index contributed by atoms with van der Waals surface area (Å²) < 4.78 is 32.5. The molecular formula is C17H28N4O3S. The largest absolute Gasteiger partial charge is 0.381 e. The molecule has 2 fully saturated rings. The molecule has 3 rings (SSSR count). The number of nitrogens with zero attached hydrogens (tertiary/aromatic N) is 3. The molecule has 1 aromatic rings. The average molecular weight is 369 g/mol. The zero-order valence-electron chi connectivity index (χ0n) is 14.6. The Morgan fingerprint density at radius 3 is 2.48 bits per heavy atom. The number of hydrogen-bond donors (Lipinski definition) is 1. The van der Waals surface area contributed by atoms with Gasteiger partial charge in [0.15, 0.2) is 0 Å². The molecule has 2 aliphatic rings. The summed E-state index contributed by atoms with van der Waals surface area (Å²) in [4.78, 5) is 6.71. The molecule has 0 unspecified atom stereocenters. The molecule has 2 saturated heterocycles. The maximum Gasteiger partial charge on any atom is 0.244 e. The number of hydrogen-bond acceptors (Lipinski definition) is 6. The third kappa shape index (κ3) is 4.38. The third-order valence-corrected chi connectivity index (χ3v) is 7.09. The highest BCUT2D eigenvalue weighted by molar-refractivity contribution is 7.89. The van der Waals surface area contributed by atoms with Gasteiger partial charge in [-0.1, -0.05) is 0 Å². The van der Waals surface area contributed by atoms with E-state index < -0.39 is 10.0 Å².